The van der Waals surface area contributed by atoms with Crippen molar-refractivity contribution in [1.29, 1.82) is 0 Å². The van der Waals surface area contributed by atoms with E-state index in [1.165, 1.54) is 11.1 Å². The molecule has 0 aliphatic heterocycles. The molecule has 43 heavy (non-hydrogen) atoms. The lowest BCUT2D eigenvalue weighted by Gasteiger charge is -2.36. The summed E-state index contributed by atoms with van der Waals surface area (Å²) < 4.78 is 11.4. The first-order valence-electron chi connectivity index (χ1n) is 15.9. The minimum atomic E-state index is -0.992. The van der Waals surface area contributed by atoms with Crippen LogP contribution in [0.1, 0.15) is 97.2 Å². The summed E-state index contributed by atoms with van der Waals surface area (Å²) >= 11 is 0. The molecule has 0 radical (unpaired) electrons. The number of carbonyl (C=O) groups excluding carboxylic acids is 1. The van der Waals surface area contributed by atoms with Gasteiger partial charge in [0.2, 0.25) is 0 Å². The molecule has 0 saturated carbocycles. The number of nitrogens with zero attached hydrogens (tertiary/aromatic N) is 2. The van der Waals surface area contributed by atoms with E-state index in [1.54, 1.807) is 6.07 Å². The van der Waals surface area contributed by atoms with Crippen LogP contribution >= 0.6 is 0 Å². The molecule has 0 bridgehead atoms. The van der Waals surface area contributed by atoms with Gasteiger partial charge in [0.15, 0.2) is 0 Å². The zero-order valence-electron chi connectivity index (χ0n) is 25.5. The summed E-state index contributed by atoms with van der Waals surface area (Å²) in [4.78, 5) is 30.4. The number of benzene rings is 2. The molecule has 1 heterocycles. The second-order valence-corrected chi connectivity index (χ2v) is 11.2. The molecule has 3 aromatic rings. The second-order valence-electron chi connectivity index (χ2n) is 11.2. The normalized spacial score (nSPS) is 14.3. The fourth-order valence-electron chi connectivity index (χ4n) is 5.92. The van der Waals surface area contributed by atoms with E-state index >= 15 is 0 Å². The van der Waals surface area contributed by atoms with Crippen LogP contribution in [0.3, 0.4) is 0 Å². The molecule has 7 nitrogen and oxygen atoms in total. The number of ether oxygens (including phenoxy) is 2. The highest BCUT2D eigenvalue weighted by Crippen LogP contribution is 2.34. The third-order valence-corrected chi connectivity index (χ3v) is 8.15. The van der Waals surface area contributed by atoms with Crippen molar-refractivity contribution in [2.75, 3.05) is 26.3 Å². The van der Waals surface area contributed by atoms with Crippen molar-refractivity contribution in [2.45, 2.75) is 83.6 Å². The van der Waals surface area contributed by atoms with E-state index < -0.39 is 5.97 Å². The minimum Gasteiger partial charge on any atom is -0.493 e. The lowest BCUT2D eigenvalue weighted by molar-refractivity contribution is -0.143. The number of pyridine rings is 1. The molecule has 1 aliphatic carbocycles. The molecule has 0 saturated heterocycles. The van der Waals surface area contributed by atoms with Crippen molar-refractivity contribution in [2.24, 2.45) is 0 Å². The first-order valence-corrected chi connectivity index (χ1v) is 15.9. The Morgan fingerprint density at radius 2 is 1.72 bits per heavy atom. The molecular weight excluding hydrogens is 540 g/mol. The summed E-state index contributed by atoms with van der Waals surface area (Å²) in [6.45, 7) is 4.62. The number of carbonyl (C=O) groups is 2. The predicted molar refractivity (Wildman–Crippen MR) is 169 cm³/mol. The van der Waals surface area contributed by atoms with E-state index in [2.05, 4.69) is 58.4 Å². The highest BCUT2D eigenvalue weighted by Gasteiger charge is 2.27. The molecule has 1 aliphatic rings. The largest absolute Gasteiger partial charge is 0.493 e. The van der Waals surface area contributed by atoms with Gasteiger partial charge in [0.05, 0.1) is 13.2 Å². The Morgan fingerprint density at radius 3 is 2.53 bits per heavy atom. The number of rotatable bonds is 18. The Kier molecular flexibility index (Phi) is 13.0. The van der Waals surface area contributed by atoms with Crippen molar-refractivity contribution in [3.05, 3.63) is 94.8 Å². The number of hydrogen-bond acceptors (Lipinski definition) is 6. The minimum absolute atomic E-state index is 0.103. The van der Waals surface area contributed by atoms with Crippen molar-refractivity contribution in [3.8, 4) is 5.75 Å². The summed E-state index contributed by atoms with van der Waals surface area (Å²) in [5.41, 5.74) is 4.70. The Balaban J connectivity index is 1.36. The highest BCUT2D eigenvalue weighted by atomic mass is 16.5. The van der Waals surface area contributed by atoms with Gasteiger partial charge in [-0.1, -0.05) is 54.6 Å². The molecule has 1 aromatic heterocycles. The second kappa shape index (κ2) is 17.4. The van der Waals surface area contributed by atoms with Gasteiger partial charge >= 0.3 is 11.9 Å². The van der Waals surface area contributed by atoms with Crippen molar-refractivity contribution in [1.82, 2.24) is 9.88 Å². The maximum atomic E-state index is 11.9. The Bertz CT molecular complexity index is 1300. The number of aromatic carboxylic acids is 1. The van der Waals surface area contributed by atoms with Gasteiger partial charge in [0, 0.05) is 24.7 Å². The van der Waals surface area contributed by atoms with Gasteiger partial charge in [0.1, 0.15) is 11.4 Å². The molecule has 0 amide bonds. The summed E-state index contributed by atoms with van der Waals surface area (Å²) in [6, 6.07) is 22.7. The van der Waals surface area contributed by atoms with Crippen LogP contribution in [0.4, 0.5) is 0 Å². The topological polar surface area (TPSA) is 89.0 Å². The maximum absolute atomic E-state index is 11.9. The summed E-state index contributed by atoms with van der Waals surface area (Å²) in [5.74, 6) is -0.188. The summed E-state index contributed by atoms with van der Waals surface area (Å²) in [6.07, 6.45) is 10.1. The molecule has 230 valence electrons. The van der Waals surface area contributed by atoms with Crippen LogP contribution < -0.4 is 4.74 Å². The third kappa shape index (κ3) is 10.2. The first-order chi connectivity index (χ1) is 21.0. The standard InChI is InChI=1S/C36H46N2O5/c1-2-42-35(39)21-10-11-25-38(33-19-13-18-31-30(33)22-23-32(37-31)36(40)41)26-24-29-17-8-9-20-34(29)43-27-12-4-7-16-28-14-5-3-6-15-28/h3,5-6,8-9,14-15,17,20,22-23,33H,2,4,7,10-13,16,18-19,21,24-27H2,1H3,(H,40,41). The average molecular weight is 587 g/mol. The van der Waals surface area contributed by atoms with Crippen molar-refractivity contribution in [3.63, 3.8) is 0 Å². The molecule has 2 aromatic carbocycles. The van der Waals surface area contributed by atoms with Gasteiger partial charge in [-0.15, -0.1) is 0 Å². The number of esters is 1. The summed E-state index contributed by atoms with van der Waals surface area (Å²) in [7, 11) is 0. The molecular formula is C36H46N2O5. The van der Waals surface area contributed by atoms with E-state index in [0.717, 1.165) is 94.3 Å². The van der Waals surface area contributed by atoms with Crippen LogP contribution in [-0.2, 0) is 28.8 Å². The van der Waals surface area contributed by atoms with Gasteiger partial charge < -0.3 is 14.6 Å². The molecule has 4 rings (SSSR count). The fourth-order valence-corrected chi connectivity index (χ4v) is 5.92. The fraction of sp³-hybridized carbons (Fsp3) is 0.472. The number of unbranched alkanes of at least 4 members (excludes halogenated alkanes) is 3. The lowest BCUT2D eigenvalue weighted by atomic mass is 9.89. The number of fused-ring (bicyclic) bond motifs is 1. The molecule has 1 atom stereocenters. The Hall–Kier alpha value is -3.71. The number of hydrogen-bond donors (Lipinski definition) is 1. The zero-order valence-corrected chi connectivity index (χ0v) is 25.5. The van der Waals surface area contributed by atoms with E-state index in [1.807, 2.05) is 19.1 Å². The van der Waals surface area contributed by atoms with Crippen LogP contribution in [-0.4, -0.2) is 53.2 Å². The monoisotopic (exact) mass is 586 g/mol. The molecule has 0 spiro atoms. The smallest absolute Gasteiger partial charge is 0.354 e. The van der Waals surface area contributed by atoms with E-state index in [0.29, 0.717) is 19.6 Å². The third-order valence-electron chi connectivity index (χ3n) is 8.15. The van der Waals surface area contributed by atoms with E-state index in [9.17, 15) is 14.7 Å². The maximum Gasteiger partial charge on any atom is 0.354 e. The van der Waals surface area contributed by atoms with E-state index in [-0.39, 0.29) is 17.7 Å². The number of aryl methyl sites for hydroxylation is 2. The van der Waals surface area contributed by atoms with Gasteiger partial charge in [0.25, 0.3) is 0 Å². The van der Waals surface area contributed by atoms with Crippen molar-refractivity contribution >= 4 is 11.9 Å². The van der Waals surface area contributed by atoms with Crippen LogP contribution in [0.25, 0.3) is 0 Å². The summed E-state index contributed by atoms with van der Waals surface area (Å²) in [5, 5.41) is 9.45. The van der Waals surface area contributed by atoms with Crippen LogP contribution in [0.2, 0.25) is 0 Å². The van der Waals surface area contributed by atoms with Crippen molar-refractivity contribution < 1.29 is 24.2 Å². The number of carboxylic acids is 1. The van der Waals surface area contributed by atoms with Gasteiger partial charge in [-0.05, 0) is 106 Å². The zero-order chi connectivity index (χ0) is 30.3. The average Bonchev–Trinajstić information content (AvgIpc) is 3.03. The van der Waals surface area contributed by atoms with Crippen LogP contribution in [0.15, 0.2) is 66.7 Å². The lowest BCUT2D eigenvalue weighted by Crippen LogP contribution is -2.34. The Labute approximate surface area is 256 Å². The molecule has 7 heteroatoms. The quantitative estimate of drug-likeness (QED) is 0.124. The molecule has 1 N–H and O–H groups in total. The number of carboxylic acid groups (broad SMARTS) is 1. The molecule has 0 fully saturated rings. The first kappa shape index (κ1) is 32.2. The number of aromatic nitrogens is 1. The van der Waals surface area contributed by atoms with Crippen LogP contribution in [0.5, 0.6) is 5.75 Å². The van der Waals surface area contributed by atoms with E-state index in [4.69, 9.17) is 9.47 Å². The predicted octanol–water partition coefficient (Wildman–Crippen LogP) is 7.23. The van der Waals surface area contributed by atoms with Gasteiger partial charge in [-0.2, -0.15) is 0 Å². The van der Waals surface area contributed by atoms with Gasteiger partial charge in [-0.3, -0.25) is 9.69 Å². The molecule has 1 unspecified atom stereocenters. The highest BCUT2D eigenvalue weighted by molar-refractivity contribution is 5.85. The Morgan fingerprint density at radius 1 is 0.907 bits per heavy atom. The SMILES string of the molecule is CCOC(=O)CCCCN(CCc1ccccc1OCCCCCc1ccccc1)C1CCCc2nc(C(=O)O)ccc21. The van der Waals surface area contributed by atoms with Crippen LogP contribution in [0, 0.1) is 0 Å². The number of para-hydroxylation sites is 1. The van der Waals surface area contributed by atoms with Gasteiger partial charge in [-0.25, -0.2) is 9.78 Å².